The Bertz CT molecular complexity index is 1150. The fraction of sp³-hybridized carbons (Fsp3) is 0.519. The van der Waals surface area contributed by atoms with Crippen LogP contribution in [0.1, 0.15) is 46.2 Å². The molecule has 2 aromatic carbocycles. The summed E-state index contributed by atoms with van der Waals surface area (Å²) in [6, 6.07) is 11.9. The van der Waals surface area contributed by atoms with Crippen LogP contribution in [0.2, 0.25) is 0 Å². The smallest absolute Gasteiger partial charge is 0.426 e. The van der Waals surface area contributed by atoms with E-state index >= 15 is 0 Å². The van der Waals surface area contributed by atoms with Crippen LogP contribution in [-0.2, 0) is 51.0 Å². The normalized spacial score (nSPS) is 18.4. The van der Waals surface area contributed by atoms with Crippen molar-refractivity contribution in [1.82, 2.24) is 4.90 Å². The quantitative estimate of drug-likeness (QED) is 0.422. The second-order valence-corrected chi connectivity index (χ2v) is 10.0. The summed E-state index contributed by atoms with van der Waals surface area (Å²) in [4.78, 5) is 13.3. The van der Waals surface area contributed by atoms with Gasteiger partial charge in [-0.05, 0) is 64.3 Å². The van der Waals surface area contributed by atoms with E-state index < -0.39 is 30.2 Å². The fourth-order valence-corrected chi connectivity index (χ4v) is 5.81. The van der Waals surface area contributed by atoms with E-state index in [0.29, 0.717) is 26.4 Å². The molecule has 1 fully saturated rings. The van der Waals surface area contributed by atoms with Crippen LogP contribution in [0.3, 0.4) is 0 Å². The van der Waals surface area contributed by atoms with E-state index in [9.17, 15) is 31.1 Å². The largest absolute Gasteiger partial charge is 0.434 e. The number of nitrogens with zero attached hydrogens (tertiary/aromatic N) is 1. The van der Waals surface area contributed by atoms with Gasteiger partial charge in [-0.15, -0.1) is 0 Å². The van der Waals surface area contributed by atoms with Gasteiger partial charge in [-0.25, -0.2) is 4.79 Å². The number of hydrogen-bond donors (Lipinski definition) is 0. The summed E-state index contributed by atoms with van der Waals surface area (Å²) in [7, 11) is 1.57. The van der Waals surface area contributed by atoms with Gasteiger partial charge in [-0.3, -0.25) is 0 Å². The highest BCUT2D eigenvalue weighted by molar-refractivity contribution is 5.68. The van der Waals surface area contributed by atoms with Gasteiger partial charge in [0.15, 0.2) is 0 Å². The van der Waals surface area contributed by atoms with Gasteiger partial charge < -0.3 is 23.8 Å². The predicted molar refractivity (Wildman–Crippen MR) is 124 cm³/mol. The van der Waals surface area contributed by atoms with Crippen molar-refractivity contribution in [2.24, 2.45) is 5.92 Å². The van der Waals surface area contributed by atoms with Crippen molar-refractivity contribution in [3.8, 4) is 0 Å². The third-order valence-corrected chi connectivity index (χ3v) is 7.76. The van der Waals surface area contributed by atoms with Gasteiger partial charge in [0.25, 0.3) is 6.10 Å². The molecule has 5 rings (SSSR count). The number of fused-ring (bicyclic) bond motifs is 2. The second kappa shape index (κ2) is 10.3. The highest BCUT2D eigenvalue weighted by Gasteiger charge is 2.60. The molecule has 0 N–H and O–H groups in total. The molecule has 1 saturated heterocycles. The first-order chi connectivity index (χ1) is 18.4. The molecule has 6 nitrogen and oxygen atoms in total. The molecular formula is C27H27F6NO5. The average molecular weight is 560 g/mol. The Kier molecular flexibility index (Phi) is 7.32. The Morgan fingerprint density at radius 3 is 1.72 bits per heavy atom. The molecule has 39 heavy (non-hydrogen) atoms. The summed E-state index contributed by atoms with van der Waals surface area (Å²) in [6.45, 7) is 1.71. The Morgan fingerprint density at radius 2 is 1.28 bits per heavy atom. The first kappa shape index (κ1) is 27.7. The first-order valence-electron chi connectivity index (χ1n) is 12.5. The van der Waals surface area contributed by atoms with Gasteiger partial charge >= 0.3 is 18.4 Å². The summed E-state index contributed by atoms with van der Waals surface area (Å²) in [6.07, 6.45) is -16.9. The lowest BCUT2D eigenvalue weighted by Gasteiger charge is -2.45. The van der Waals surface area contributed by atoms with Gasteiger partial charge in [0.05, 0.1) is 26.4 Å². The third-order valence-electron chi connectivity index (χ3n) is 7.76. The number of likely N-dealkylation sites (tertiary alicyclic amines) is 1. The molecule has 12 heteroatoms. The van der Waals surface area contributed by atoms with Gasteiger partial charge in [-0.2, -0.15) is 26.3 Å². The SMILES string of the molecule is COC(c1ccc2c(c1)COC2)(c1ccc2c(c1)COC2)C1CCN(C(=O)OC(C(F)(F)F)C(F)(F)F)CC1. The number of hydrogen-bond acceptors (Lipinski definition) is 5. The minimum Gasteiger partial charge on any atom is -0.426 e. The molecule has 3 aliphatic heterocycles. The van der Waals surface area contributed by atoms with Crippen molar-refractivity contribution in [3.05, 3.63) is 69.8 Å². The summed E-state index contributed by atoms with van der Waals surface area (Å²) in [5, 5.41) is 0. The van der Waals surface area contributed by atoms with Gasteiger partial charge in [0.1, 0.15) is 5.60 Å². The molecular weight excluding hydrogens is 532 g/mol. The summed E-state index contributed by atoms with van der Waals surface area (Å²) < 4.78 is 98.9. The number of methoxy groups -OCH3 is 1. The molecule has 0 bridgehead atoms. The third kappa shape index (κ3) is 5.21. The van der Waals surface area contributed by atoms with Crippen LogP contribution < -0.4 is 0 Å². The average Bonchev–Trinajstić information content (AvgIpc) is 3.56. The number of rotatable bonds is 5. The minimum absolute atomic E-state index is 0.0981. The molecule has 0 radical (unpaired) electrons. The number of piperidine rings is 1. The van der Waals surface area contributed by atoms with E-state index in [1.54, 1.807) is 7.11 Å². The van der Waals surface area contributed by atoms with Crippen molar-refractivity contribution >= 4 is 6.09 Å². The zero-order chi connectivity index (χ0) is 28.0. The number of ether oxygens (including phenoxy) is 4. The lowest BCUT2D eigenvalue weighted by Crippen LogP contribution is -2.51. The van der Waals surface area contributed by atoms with Crippen LogP contribution in [0, 0.1) is 5.92 Å². The van der Waals surface area contributed by atoms with E-state index in [-0.39, 0.29) is 31.8 Å². The Morgan fingerprint density at radius 1 is 0.821 bits per heavy atom. The summed E-state index contributed by atoms with van der Waals surface area (Å²) >= 11 is 0. The minimum atomic E-state index is -5.77. The van der Waals surface area contributed by atoms with Crippen molar-refractivity contribution in [2.75, 3.05) is 20.2 Å². The number of benzene rings is 2. The maximum absolute atomic E-state index is 12.9. The Hall–Kier alpha value is -2.83. The Balaban J connectivity index is 1.43. The number of carbonyl (C=O) groups is 1. The molecule has 0 aliphatic carbocycles. The predicted octanol–water partition coefficient (Wildman–Crippen LogP) is 5.98. The molecule has 0 spiro atoms. The topological polar surface area (TPSA) is 57.2 Å². The van der Waals surface area contributed by atoms with Gasteiger partial charge in [0.2, 0.25) is 0 Å². The molecule has 3 aliphatic rings. The monoisotopic (exact) mass is 559 g/mol. The van der Waals surface area contributed by atoms with Crippen molar-refractivity contribution in [1.29, 1.82) is 0 Å². The molecule has 0 atom stereocenters. The van der Waals surface area contributed by atoms with E-state index in [0.717, 1.165) is 38.3 Å². The van der Waals surface area contributed by atoms with Crippen molar-refractivity contribution in [3.63, 3.8) is 0 Å². The number of carbonyl (C=O) groups excluding carboxylic acids is 1. The van der Waals surface area contributed by atoms with Gasteiger partial charge in [0, 0.05) is 20.2 Å². The molecule has 0 unspecified atom stereocenters. The summed E-state index contributed by atoms with van der Waals surface area (Å²) in [5.74, 6) is -0.256. The summed E-state index contributed by atoms with van der Waals surface area (Å²) in [5.41, 5.74) is 4.87. The van der Waals surface area contributed by atoms with E-state index in [1.165, 1.54) is 0 Å². The van der Waals surface area contributed by atoms with Gasteiger partial charge in [-0.1, -0.05) is 24.3 Å². The van der Waals surface area contributed by atoms with Crippen molar-refractivity contribution < 1.29 is 50.1 Å². The molecule has 212 valence electrons. The Labute approximate surface area is 220 Å². The highest BCUT2D eigenvalue weighted by atomic mass is 19.4. The first-order valence-corrected chi connectivity index (χ1v) is 12.5. The van der Waals surface area contributed by atoms with Crippen molar-refractivity contribution in [2.45, 2.75) is 63.3 Å². The standard InChI is InChI=1S/C27H27F6NO5/c1-36-25(21-4-2-16-12-37-14-18(16)10-21,22-5-3-17-13-38-15-19(17)11-22)20-6-8-34(9-7-20)24(35)39-23(26(28,29)30)27(31,32)33/h2-5,10-11,20,23H,6-9,12-15H2,1H3. The fourth-order valence-electron chi connectivity index (χ4n) is 5.81. The number of amides is 1. The number of alkyl halides is 6. The second-order valence-electron chi connectivity index (χ2n) is 10.0. The molecule has 0 saturated carbocycles. The lowest BCUT2D eigenvalue weighted by atomic mass is 9.71. The van der Waals surface area contributed by atoms with Crippen LogP contribution in [-0.4, -0.2) is 49.6 Å². The highest BCUT2D eigenvalue weighted by Crippen LogP contribution is 2.47. The van der Waals surface area contributed by atoms with Crippen LogP contribution in [0.15, 0.2) is 36.4 Å². The lowest BCUT2D eigenvalue weighted by molar-refractivity contribution is -0.308. The number of halogens is 6. The zero-order valence-electron chi connectivity index (χ0n) is 21.0. The van der Waals surface area contributed by atoms with E-state index in [2.05, 4.69) is 4.74 Å². The van der Waals surface area contributed by atoms with Crippen LogP contribution in [0.5, 0.6) is 0 Å². The van der Waals surface area contributed by atoms with Crippen LogP contribution >= 0.6 is 0 Å². The van der Waals surface area contributed by atoms with E-state index in [1.807, 2.05) is 36.4 Å². The molecule has 0 aromatic heterocycles. The molecule has 3 heterocycles. The zero-order valence-corrected chi connectivity index (χ0v) is 21.0. The van der Waals surface area contributed by atoms with E-state index in [4.69, 9.17) is 14.2 Å². The maximum atomic E-state index is 12.9. The van der Waals surface area contributed by atoms with Crippen LogP contribution in [0.4, 0.5) is 31.1 Å². The van der Waals surface area contributed by atoms with Crippen LogP contribution in [0.25, 0.3) is 0 Å². The maximum Gasteiger partial charge on any atom is 0.434 e. The molecule has 2 aromatic rings. The molecule has 1 amide bonds.